The number of carbonyl (C=O) groups is 1. The van der Waals surface area contributed by atoms with Crippen LogP contribution in [-0.4, -0.2) is 36.7 Å². The van der Waals surface area contributed by atoms with Gasteiger partial charge in [-0.2, -0.15) is 0 Å². The first kappa shape index (κ1) is 12.2. The number of carbonyl (C=O) groups excluding carboxylic acids is 1. The summed E-state index contributed by atoms with van der Waals surface area (Å²) >= 11 is 5.96. The quantitative estimate of drug-likeness (QED) is 0.828. The van der Waals surface area contributed by atoms with Crippen molar-refractivity contribution in [1.82, 2.24) is 0 Å². The molecule has 1 N–H and O–H groups in total. The number of alkyl halides is 1. The van der Waals surface area contributed by atoms with Crippen LogP contribution in [-0.2, 0) is 4.79 Å². The van der Waals surface area contributed by atoms with E-state index in [4.69, 9.17) is 21.4 Å². The number of aliphatic hydroxyl groups is 1. The van der Waals surface area contributed by atoms with E-state index in [2.05, 4.69) is 0 Å². The molecule has 5 heteroatoms. The van der Waals surface area contributed by atoms with Crippen LogP contribution in [0, 0.1) is 5.92 Å². The number of hydrogen-bond donors (Lipinski definition) is 1. The highest BCUT2D eigenvalue weighted by Crippen LogP contribution is 2.30. The number of aliphatic hydroxyl groups excluding tert-OH is 1. The SMILES string of the molecule is COc1cccc(N2C[C@@H](CO)[C@H](Cl)C2=O)c1. The molecule has 0 aromatic heterocycles. The smallest absolute Gasteiger partial charge is 0.245 e. The zero-order chi connectivity index (χ0) is 12.4. The Kier molecular flexibility index (Phi) is 3.54. The lowest BCUT2D eigenvalue weighted by molar-refractivity contribution is -0.117. The van der Waals surface area contributed by atoms with Gasteiger partial charge in [0.2, 0.25) is 5.91 Å². The molecule has 2 atom stereocenters. The molecule has 1 amide bonds. The number of amides is 1. The van der Waals surface area contributed by atoms with Gasteiger partial charge >= 0.3 is 0 Å². The highest BCUT2D eigenvalue weighted by molar-refractivity contribution is 6.34. The fourth-order valence-corrected chi connectivity index (χ4v) is 2.21. The second-order valence-corrected chi connectivity index (χ2v) is 4.46. The van der Waals surface area contributed by atoms with Gasteiger partial charge < -0.3 is 14.7 Å². The van der Waals surface area contributed by atoms with Crippen molar-refractivity contribution in [1.29, 1.82) is 0 Å². The highest BCUT2D eigenvalue weighted by Gasteiger charge is 2.39. The number of halogens is 1. The van der Waals surface area contributed by atoms with Crippen LogP contribution in [0.3, 0.4) is 0 Å². The maximum Gasteiger partial charge on any atom is 0.245 e. The summed E-state index contributed by atoms with van der Waals surface area (Å²) in [4.78, 5) is 13.5. The molecule has 1 aliphatic rings. The molecule has 0 saturated carbocycles. The van der Waals surface area contributed by atoms with Crippen LogP contribution in [0.4, 0.5) is 5.69 Å². The lowest BCUT2D eigenvalue weighted by Crippen LogP contribution is -2.27. The van der Waals surface area contributed by atoms with Crippen molar-refractivity contribution in [2.45, 2.75) is 5.38 Å². The third-order valence-electron chi connectivity index (χ3n) is 2.93. The summed E-state index contributed by atoms with van der Waals surface area (Å²) in [5.74, 6) is 0.309. The lowest BCUT2D eigenvalue weighted by atomic mass is 10.1. The predicted molar refractivity (Wildman–Crippen MR) is 65.6 cm³/mol. The van der Waals surface area contributed by atoms with Crippen molar-refractivity contribution in [2.24, 2.45) is 5.92 Å². The van der Waals surface area contributed by atoms with Crippen molar-refractivity contribution in [3.8, 4) is 5.75 Å². The number of methoxy groups -OCH3 is 1. The van der Waals surface area contributed by atoms with E-state index < -0.39 is 5.38 Å². The van der Waals surface area contributed by atoms with Crippen LogP contribution in [0.2, 0.25) is 0 Å². The van der Waals surface area contributed by atoms with Crippen LogP contribution in [0.5, 0.6) is 5.75 Å². The molecule has 1 fully saturated rings. The van der Waals surface area contributed by atoms with E-state index >= 15 is 0 Å². The van der Waals surface area contributed by atoms with Gasteiger partial charge in [0.1, 0.15) is 11.1 Å². The first-order chi connectivity index (χ1) is 8.17. The third-order valence-corrected chi connectivity index (χ3v) is 3.48. The number of ether oxygens (including phenoxy) is 1. The van der Waals surface area contributed by atoms with Crippen LogP contribution in [0.15, 0.2) is 24.3 Å². The minimum Gasteiger partial charge on any atom is -0.497 e. The normalized spacial score (nSPS) is 24.2. The Morgan fingerprint density at radius 2 is 2.35 bits per heavy atom. The number of nitrogens with zero attached hydrogens (tertiary/aromatic N) is 1. The molecule has 0 unspecified atom stereocenters. The molecule has 0 spiro atoms. The van der Waals surface area contributed by atoms with Gasteiger partial charge in [-0.3, -0.25) is 4.79 Å². The van der Waals surface area contributed by atoms with Gasteiger partial charge in [0.25, 0.3) is 0 Å². The monoisotopic (exact) mass is 255 g/mol. The lowest BCUT2D eigenvalue weighted by Gasteiger charge is -2.16. The number of rotatable bonds is 3. The zero-order valence-corrected chi connectivity index (χ0v) is 10.2. The molecule has 0 bridgehead atoms. The molecular weight excluding hydrogens is 242 g/mol. The number of hydrogen-bond acceptors (Lipinski definition) is 3. The Labute approximate surface area is 105 Å². The van der Waals surface area contributed by atoms with E-state index in [0.29, 0.717) is 12.3 Å². The maximum absolute atomic E-state index is 11.9. The standard InChI is InChI=1S/C12H14ClNO3/c1-17-10-4-2-3-9(5-10)14-6-8(7-15)11(13)12(14)16/h2-5,8,11,15H,6-7H2,1H3/t8-,11-/m0/s1. The summed E-state index contributed by atoms with van der Waals surface area (Å²) in [6.45, 7) is 0.358. The molecule has 0 aliphatic carbocycles. The molecule has 1 heterocycles. The molecular formula is C12H14ClNO3. The third kappa shape index (κ3) is 2.23. The molecule has 1 aromatic rings. The van der Waals surface area contributed by atoms with Crippen molar-refractivity contribution in [2.75, 3.05) is 25.2 Å². The fraction of sp³-hybridized carbons (Fsp3) is 0.417. The average Bonchev–Trinajstić information content (AvgIpc) is 2.66. The van der Waals surface area contributed by atoms with Crippen LogP contribution >= 0.6 is 11.6 Å². The Hall–Kier alpha value is -1.26. The summed E-state index contributed by atoms with van der Waals surface area (Å²) in [7, 11) is 1.58. The van der Waals surface area contributed by atoms with E-state index in [1.165, 1.54) is 0 Å². The first-order valence-corrected chi connectivity index (χ1v) is 5.81. The fourth-order valence-electron chi connectivity index (χ4n) is 1.93. The second-order valence-electron chi connectivity index (χ2n) is 3.99. The van der Waals surface area contributed by atoms with E-state index in [-0.39, 0.29) is 18.4 Å². The molecule has 17 heavy (non-hydrogen) atoms. The second kappa shape index (κ2) is 4.94. The van der Waals surface area contributed by atoms with Crippen LogP contribution < -0.4 is 9.64 Å². The summed E-state index contributed by atoms with van der Waals surface area (Å²) in [5.41, 5.74) is 0.746. The Morgan fingerprint density at radius 3 is 2.94 bits per heavy atom. The van der Waals surface area contributed by atoms with E-state index in [1.807, 2.05) is 18.2 Å². The van der Waals surface area contributed by atoms with Crippen molar-refractivity contribution in [3.05, 3.63) is 24.3 Å². The van der Waals surface area contributed by atoms with Gasteiger partial charge in [-0.1, -0.05) is 6.07 Å². The van der Waals surface area contributed by atoms with Crippen molar-refractivity contribution in [3.63, 3.8) is 0 Å². The molecule has 92 valence electrons. The van der Waals surface area contributed by atoms with Crippen molar-refractivity contribution < 1.29 is 14.6 Å². The minimum atomic E-state index is -0.647. The van der Waals surface area contributed by atoms with Gasteiger partial charge in [-0.15, -0.1) is 11.6 Å². The molecule has 1 aliphatic heterocycles. The predicted octanol–water partition coefficient (Wildman–Crippen LogP) is 1.26. The Bertz CT molecular complexity index is 424. The zero-order valence-electron chi connectivity index (χ0n) is 9.47. The van der Waals surface area contributed by atoms with E-state index in [9.17, 15) is 4.79 Å². The average molecular weight is 256 g/mol. The van der Waals surface area contributed by atoms with Gasteiger partial charge in [0.15, 0.2) is 0 Å². The molecule has 0 radical (unpaired) electrons. The Balaban J connectivity index is 2.25. The Morgan fingerprint density at radius 1 is 1.59 bits per heavy atom. The maximum atomic E-state index is 11.9. The van der Waals surface area contributed by atoms with Crippen LogP contribution in [0.25, 0.3) is 0 Å². The first-order valence-electron chi connectivity index (χ1n) is 5.37. The largest absolute Gasteiger partial charge is 0.497 e. The van der Waals surface area contributed by atoms with Gasteiger partial charge in [0.05, 0.1) is 7.11 Å². The molecule has 1 saturated heterocycles. The summed E-state index contributed by atoms with van der Waals surface area (Å²) in [6.07, 6.45) is 0. The van der Waals surface area contributed by atoms with E-state index in [0.717, 1.165) is 5.69 Å². The highest BCUT2D eigenvalue weighted by atomic mass is 35.5. The van der Waals surface area contributed by atoms with E-state index in [1.54, 1.807) is 18.1 Å². The van der Waals surface area contributed by atoms with Gasteiger partial charge in [-0.25, -0.2) is 0 Å². The van der Waals surface area contributed by atoms with Gasteiger partial charge in [-0.05, 0) is 12.1 Å². The van der Waals surface area contributed by atoms with Gasteiger partial charge in [0, 0.05) is 30.8 Å². The number of anilines is 1. The molecule has 2 rings (SSSR count). The molecule has 4 nitrogen and oxygen atoms in total. The minimum absolute atomic E-state index is 0.0830. The summed E-state index contributed by atoms with van der Waals surface area (Å²) < 4.78 is 5.11. The number of benzene rings is 1. The summed E-state index contributed by atoms with van der Waals surface area (Å²) in [5, 5.41) is 8.48. The van der Waals surface area contributed by atoms with Crippen molar-refractivity contribution >= 4 is 23.2 Å². The summed E-state index contributed by atoms with van der Waals surface area (Å²) in [6, 6.07) is 7.23. The topological polar surface area (TPSA) is 49.8 Å². The van der Waals surface area contributed by atoms with Crippen LogP contribution in [0.1, 0.15) is 0 Å². The molecule has 1 aromatic carbocycles.